The van der Waals surface area contributed by atoms with Gasteiger partial charge in [0.15, 0.2) is 11.6 Å². The van der Waals surface area contributed by atoms with Crippen molar-refractivity contribution >= 4 is 17.9 Å². The molecule has 2 aromatic carbocycles. The average Bonchev–Trinajstić information content (AvgIpc) is 3.56. The summed E-state index contributed by atoms with van der Waals surface area (Å²) in [6.07, 6.45) is 2.25. The lowest BCUT2D eigenvalue weighted by Crippen LogP contribution is -2.47. The quantitative estimate of drug-likeness (QED) is 0.504. The predicted octanol–water partition coefficient (Wildman–Crippen LogP) is 4.96. The number of likely N-dealkylation sites (N-methyl/N-ethyl adjacent to an activating group) is 1. The number of nitrogens with zero attached hydrogens (tertiary/aromatic N) is 3. The van der Waals surface area contributed by atoms with E-state index in [1.807, 2.05) is 11.8 Å². The Labute approximate surface area is 231 Å². The highest BCUT2D eigenvalue weighted by Crippen LogP contribution is 2.47. The molecule has 7 nitrogen and oxygen atoms in total. The van der Waals surface area contributed by atoms with Crippen molar-refractivity contribution in [3.05, 3.63) is 65.5 Å². The molecule has 0 aromatic heterocycles. The first-order chi connectivity index (χ1) is 19.1. The van der Waals surface area contributed by atoms with E-state index in [0.29, 0.717) is 31.5 Å². The van der Waals surface area contributed by atoms with Gasteiger partial charge >= 0.3 is 6.09 Å². The van der Waals surface area contributed by atoms with E-state index in [1.54, 1.807) is 11.8 Å². The van der Waals surface area contributed by atoms with Crippen molar-refractivity contribution in [2.24, 2.45) is 11.3 Å². The summed E-state index contributed by atoms with van der Waals surface area (Å²) in [5.41, 5.74) is 0.230. The number of benzene rings is 2. The van der Waals surface area contributed by atoms with E-state index in [4.69, 9.17) is 4.74 Å². The maximum atomic E-state index is 14.2. The van der Waals surface area contributed by atoms with Crippen molar-refractivity contribution in [1.82, 2.24) is 14.7 Å². The number of likely N-dealkylation sites (tertiary alicyclic amines) is 2. The third kappa shape index (κ3) is 5.67. The molecule has 214 valence electrons. The maximum Gasteiger partial charge on any atom is 0.415 e. The Morgan fingerprint density at radius 1 is 0.950 bits per heavy atom. The summed E-state index contributed by atoms with van der Waals surface area (Å²) in [6, 6.07) is 8.15. The van der Waals surface area contributed by atoms with Crippen molar-refractivity contribution < 1.29 is 32.3 Å². The lowest BCUT2D eigenvalue weighted by molar-refractivity contribution is -0.142. The predicted molar refractivity (Wildman–Crippen MR) is 141 cm³/mol. The van der Waals surface area contributed by atoms with Gasteiger partial charge in [0.05, 0.1) is 6.04 Å². The molecule has 40 heavy (non-hydrogen) atoms. The fraction of sp³-hybridized carbons (Fsp3) is 0.500. The van der Waals surface area contributed by atoms with Crippen LogP contribution in [0.25, 0.3) is 0 Å². The highest BCUT2D eigenvalue weighted by Gasteiger charge is 2.48. The molecule has 5 rings (SSSR count). The van der Waals surface area contributed by atoms with E-state index in [1.165, 1.54) is 35.2 Å². The summed E-state index contributed by atoms with van der Waals surface area (Å²) in [5, 5.41) is 0. The summed E-state index contributed by atoms with van der Waals surface area (Å²) < 4.78 is 46.8. The SMILES string of the molecule is CCN(C(=O)Oc1ccc(F)cc1)[C@@H]1CN(C(=O)C2CCN(C(=O)C3(C)CC3)CC2)C[C@H]1c1ccc(F)c(F)c1. The number of carbonyl (C=O) groups excluding carboxylic acids is 3. The van der Waals surface area contributed by atoms with Crippen molar-refractivity contribution in [2.45, 2.75) is 51.5 Å². The molecule has 1 aliphatic carbocycles. The van der Waals surface area contributed by atoms with Gasteiger partial charge in [0, 0.05) is 50.0 Å². The number of carbonyl (C=O) groups is 3. The first kappa shape index (κ1) is 28.0. The molecular weight excluding hydrogens is 523 g/mol. The van der Waals surface area contributed by atoms with Gasteiger partial charge in [-0.2, -0.15) is 0 Å². The number of amides is 3. The fourth-order valence-electron chi connectivity index (χ4n) is 5.88. The van der Waals surface area contributed by atoms with Crippen LogP contribution < -0.4 is 4.74 Å². The Morgan fingerprint density at radius 2 is 1.62 bits per heavy atom. The Morgan fingerprint density at radius 3 is 2.23 bits per heavy atom. The number of ether oxygens (including phenoxy) is 1. The number of halogens is 3. The largest absolute Gasteiger partial charge is 0.415 e. The molecule has 2 aliphatic heterocycles. The molecular formula is C30H34F3N3O4. The molecule has 0 radical (unpaired) electrons. The van der Waals surface area contributed by atoms with Gasteiger partial charge < -0.3 is 19.4 Å². The van der Waals surface area contributed by atoms with E-state index in [0.717, 1.165) is 25.0 Å². The molecule has 10 heteroatoms. The Bertz CT molecular complexity index is 1280. The zero-order valence-corrected chi connectivity index (χ0v) is 22.7. The third-order valence-corrected chi connectivity index (χ3v) is 8.61. The van der Waals surface area contributed by atoms with Gasteiger partial charge in [-0.15, -0.1) is 0 Å². The van der Waals surface area contributed by atoms with E-state index in [-0.39, 0.29) is 48.5 Å². The summed E-state index contributed by atoms with van der Waals surface area (Å²) in [6.45, 7) is 5.48. The maximum absolute atomic E-state index is 14.2. The first-order valence-electron chi connectivity index (χ1n) is 13.9. The zero-order chi connectivity index (χ0) is 28.6. The van der Waals surface area contributed by atoms with Crippen LogP contribution in [-0.4, -0.2) is 71.4 Å². The topological polar surface area (TPSA) is 70.2 Å². The molecule has 0 unspecified atom stereocenters. The number of rotatable bonds is 6. The Balaban J connectivity index is 1.32. The molecule has 1 saturated carbocycles. The second-order valence-electron chi connectivity index (χ2n) is 11.3. The van der Waals surface area contributed by atoms with Gasteiger partial charge in [0.2, 0.25) is 11.8 Å². The summed E-state index contributed by atoms with van der Waals surface area (Å²) in [4.78, 5) is 44.6. The Kier molecular flexibility index (Phi) is 7.79. The molecule has 0 N–H and O–H groups in total. The molecule has 3 fully saturated rings. The monoisotopic (exact) mass is 557 g/mol. The normalized spacial score (nSPS) is 22.2. The van der Waals surface area contributed by atoms with Crippen LogP contribution in [-0.2, 0) is 9.59 Å². The Hall–Kier alpha value is -3.56. The molecule has 3 amide bonds. The molecule has 2 saturated heterocycles. The highest BCUT2D eigenvalue weighted by molar-refractivity contribution is 5.85. The lowest BCUT2D eigenvalue weighted by Gasteiger charge is -2.35. The molecule has 0 spiro atoms. The average molecular weight is 558 g/mol. The van der Waals surface area contributed by atoms with Gasteiger partial charge in [0.1, 0.15) is 11.6 Å². The van der Waals surface area contributed by atoms with Crippen molar-refractivity contribution in [3.8, 4) is 5.75 Å². The van der Waals surface area contributed by atoms with Crippen LogP contribution in [0, 0.1) is 28.8 Å². The summed E-state index contributed by atoms with van der Waals surface area (Å²) in [5.74, 6) is -2.92. The number of hydrogen-bond acceptors (Lipinski definition) is 4. The third-order valence-electron chi connectivity index (χ3n) is 8.61. The first-order valence-corrected chi connectivity index (χ1v) is 13.9. The number of piperidine rings is 1. The fourth-order valence-corrected chi connectivity index (χ4v) is 5.88. The molecule has 0 bridgehead atoms. The van der Waals surface area contributed by atoms with Crippen molar-refractivity contribution in [2.75, 3.05) is 32.7 Å². The van der Waals surface area contributed by atoms with Crippen LogP contribution in [0.2, 0.25) is 0 Å². The van der Waals surface area contributed by atoms with E-state index < -0.39 is 35.5 Å². The standard InChI is InChI=1S/C30H34F3N3O4/c1-3-36(29(39)40-22-7-5-21(31)6-8-22)26-18-35(17-23(26)20-4-9-24(32)25(33)16-20)27(37)19-10-14-34(15-11-19)28(38)30(2)12-13-30/h4-9,16,19,23,26H,3,10-15,17-18H2,1-2H3/t23-,26+/m0/s1. The summed E-state index contributed by atoms with van der Waals surface area (Å²) >= 11 is 0. The van der Waals surface area contributed by atoms with Crippen LogP contribution in [0.1, 0.15) is 51.0 Å². The van der Waals surface area contributed by atoms with Crippen LogP contribution in [0.15, 0.2) is 42.5 Å². The van der Waals surface area contributed by atoms with Gasteiger partial charge in [-0.05, 0) is 74.6 Å². The van der Waals surface area contributed by atoms with Crippen LogP contribution in [0.5, 0.6) is 5.75 Å². The van der Waals surface area contributed by atoms with E-state index in [2.05, 4.69) is 0 Å². The highest BCUT2D eigenvalue weighted by atomic mass is 19.2. The van der Waals surface area contributed by atoms with Gasteiger partial charge in [-0.25, -0.2) is 18.0 Å². The second-order valence-corrected chi connectivity index (χ2v) is 11.3. The van der Waals surface area contributed by atoms with E-state index >= 15 is 0 Å². The molecule has 2 aromatic rings. The number of hydrogen-bond donors (Lipinski definition) is 0. The molecule has 2 heterocycles. The van der Waals surface area contributed by atoms with Gasteiger partial charge in [-0.3, -0.25) is 9.59 Å². The minimum absolute atomic E-state index is 0.0669. The zero-order valence-electron chi connectivity index (χ0n) is 22.7. The lowest BCUT2D eigenvalue weighted by atomic mass is 9.93. The second kappa shape index (κ2) is 11.1. The molecule has 3 aliphatic rings. The van der Waals surface area contributed by atoms with Crippen LogP contribution in [0.4, 0.5) is 18.0 Å². The van der Waals surface area contributed by atoms with Gasteiger partial charge in [-0.1, -0.05) is 13.0 Å². The van der Waals surface area contributed by atoms with Crippen LogP contribution >= 0.6 is 0 Å². The minimum Gasteiger partial charge on any atom is -0.410 e. The van der Waals surface area contributed by atoms with E-state index in [9.17, 15) is 27.6 Å². The van der Waals surface area contributed by atoms with Gasteiger partial charge in [0.25, 0.3) is 0 Å². The molecule has 2 atom stereocenters. The van der Waals surface area contributed by atoms with Crippen molar-refractivity contribution in [3.63, 3.8) is 0 Å². The van der Waals surface area contributed by atoms with Crippen molar-refractivity contribution in [1.29, 1.82) is 0 Å². The summed E-state index contributed by atoms with van der Waals surface area (Å²) in [7, 11) is 0. The smallest absolute Gasteiger partial charge is 0.410 e. The minimum atomic E-state index is -1.00. The van der Waals surface area contributed by atoms with Crippen LogP contribution in [0.3, 0.4) is 0 Å².